The first-order valence-corrected chi connectivity index (χ1v) is 5.55. The van der Waals surface area contributed by atoms with Crippen molar-refractivity contribution in [2.45, 2.75) is 26.8 Å². The number of aryl methyl sites for hydroxylation is 2. The fourth-order valence-corrected chi connectivity index (χ4v) is 1.64. The zero-order valence-electron chi connectivity index (χ0n) is 9.91. The van der Waals surface area contributed by atoms with Crippen LogP contribution in [-0.4, -0.2) is 16.1 Å². The fourth-order valence-electron chi connectivity index (χ4n) is 1.64. The van der Waals surface area contributed by atoms with Gasteiger partial charge in [0.05, 0.1) is 18.0 Å². The van der Waals surface area contributed by atoms with Gasteiger partial charge in [-0.05, 0) is 13.0 Å². The summed E-state index contributed by atoms with van der Waals surface area (Å²) in [6.45, 7) is 4.34. The second-order valence-corrected chi connectivity index (χ2v) is 3.81. The van der Waals surface area contributed by atoms with E-state index in [-0.39, 0.29) is 5.91 Å². The van der Waals surface area contributed by atoms with Crippen molar-refractivity contribution >= 4 is 5.91 Å². The molecule has 5 heteroatoms. The molecule has 2 N–H and O–H groups in total. The molecule has 0 aliphatic rings. The number of nitrogens with one attached hydrogen (secondary N) is 2. The molecule has 0 aliphatic heterocycles. The largest absolute Gasteiger partial charge is 0.469 e. The van der Waals surface area contributed by atoms with Gasteiger partial charge in [-0.25, -0.2) is 0 Å². The standard InChI is InChI=1S/C12H15N3O2/c1-3-11-10(4-5-17-11)12(16)13-6-9-7-14-15-8(9)2/h4-5,7H,3,6H2,1-2H3,(H,13,16)(H,14,15). The molecule has 1 amide bonds. The molecule has 2 aromatic rings. The Morgan fingerprint density at radius 1 is 1.59 bits per heavy atom. The normalized spacial score (nSPS) is 10.5. The van der Waals surface area contributed by atoms with Crippen LogP contribution >= 0.6 is 0 Å². The van der Waals surface area contributed by atoms with Crippen LogP contribution in [0.5, 0.6) is 0 Å². The number of carbonyl (C=O) groups is 1. The monoisotopic (exact) mass is 233 g/mol. The first-order chi connectivity index (χ1) is 8.22. The molecular formula is C12H15N3O2. The SMILES string of the molecule is CCc1occc1C(=O)NCc1cn[nH]c1C. The summed E-state index contributed by atoms with van der Waals surface area (Å²) in [7, 11) is 0. The van der Waals surface area contributed by atoms with Gasteiger partial charge >= 0.3 is 0 Å². The summed E-state index contributed by atoms with van der Waals surface area (Å²) in [5.74, 6) is 0.600. The smallest absolute Gasteiger partial charge is 0.255 e. The summed E-state index contributed by atoms with van der Waals surface area (Å²) in [4.78, 5) is 11.9. The van der Waals surface area contributed by atoms with Gasteiger partial charge in [-0.2, -0.15) is 5.10 Å². The van der Waals surface area contributed by atoms with E-state index in [4.69, 9.17) is 4.42 Å². The zero-order valence-corrected chi connectivity index (χ0v) is 9.91. The Morgan fingerprint density at radius 3 is 3.06 bits per heavy atom. The predicted molar refractivity (Wildman–Crippen MR) is 62.6 cm³/mol. The number of H-pyrrole nitrogens is 1. The third kappa shape index (κ3) is 2.38. The van der Waals surface area contributed by atoms with Crippen molar-refractivity contribution in [1.82, 2.24) is 15.5 Å². The van der Waals surface area contributed by atoms with Gasteiger partial charge in [0, 0.05) is 24.2 Å². The zero-order chi connectivity index (χ0) is 12.3. The minimum atomic E-state index is -0.115. The molecule has 17 heavy (non-hydrogen) atoms. The Morgan fingerprint density at radius 2 is 2.41 bits per heavy atom. The molecule has 0 spiro atoms. The highest BCUT2D eigenvalue weighted by atomic mass is 16.3. The molecule has 0 saturated heterocycles. The van der Waals surface area contributed by atoms with Crippen LogP contribution in [0.4, 0.5) is 0 Å². The van der Waals surface area contributed by atoms with E-state index in [1.165, 1.54) is 6.26 Å². The maximum atomic E-state index is 11.9. The van der Waals surface area contributed by atoms with Crippen molar-refractivity contribution in [2.24, 2.45) is 0 Å². The van der Waals surface area contributed by atoms with Crippen LogP contribution in [0.3, 0.4) is 0 Å². The molecule has 0 atom stereocenters. The van der Waals surface area contributed by atoms with E-state index in [9.17, 15) is 4.79 Å². The van der Waals surface area contributed by atoms with Crippen LogP contribution in [0.25, 0.3) is 0 Å². The van der Waals surface area contributed by atoms with Gasteiger partial charge in [-0.1, -0.05) is 6.92 Å². The number of aromatic nitrogens is 2. The summed E-state index contributed by atoms with van der Waals surface area (Å²) in [6, 6.07) is 1.69. The second kappa shape index (κ2) is 4.86. The Kier molecular flexibility index (Phi) is 3.27. The topological polar surface area (TPSA) is 70.9 Å². The molecule has 0 fully saturated rings. The molecule has 0 aromatic carbocycles. The van der Waals surface area contributed by atoms with E-state index in [0.717, 1.165) is 11.3 Å². The molecule has 2 rings (SSSR count). The lowest BCUT2D eigenvalue weighted by Crippen LogP contribution is -2.23. The first-order valence-electron chi connectivity index (χ1n) is 5.55. The summed E-state index contributed by atoms with van der Waals surface area (Å²) in [5, 5.41) is 9.58. The highest BCUT2D eigenvalue weighted by molar-refractivity contribution is 5.95. The van der Waals surface area contributed by atoms with Crippen molar-refractivity contribution in [3.8, 4) is 0 Å². The average molecular weight is 233 g/mol. The maximum Gasteiger partial charge on any atom is 0.255 e. The van der Waals surface area contributed by atoms with Gasteiger partial charge in [0.1, 0.15) is 5.76 Å². The molecule has 0 unspecified atom stereocenters. The Labute approximate surface area is 99.2 Å². The highest BCUT2D eigenvalue weighted by Crippen LogP contribution is 2.11. The van der Waals surface area contributed by atoms with Crippen LogP contribution in [0.1, 0.15) is 34.3 Å². The van der Waals surface area contributed by atoms with Crippen molar-refractivity contribution in [2.75, 3.05) is 0 Å². The third-order valence-corrected chi connectivity index (χ3v) is 2.68. The average Bonchev–Trinajstić information content (AvgIpc) is 2.94. The number of rotatable bonds is 4. The van der Waals surface area contributed by atoms with Gasteiger partial charge in [0.2, 0.25) is 0 Å². The molecule has 90 valence electrons. The van der Waals surface area contributed by atoms with Gasteiger partial charge in [0.25, 0.3) is 5.91 Å². The summed E-state index contributed by atoms with van der Waals surface area (Å²) >= 11 is 0. The van der Waals surface area contributed by atoms with Crippen molar-refractivity contribution in [1.29, 1.82) is 0 Å². The molecule has 0 radical (unpaired) electrons. The molecule has 5 nitrogen and oxygen atoms in total. The number of aromatic amines is 1. The number of amides is 1. The number of nitrogens with zero attached hydrogens (tertiary/aromatic N) is 1. The highest BCUT2D eigenvalue weighted by Gasteiger charge is 2.13. The van der Waals surface area contributed by atoms with E-state index < -0.39 is 0 Å². The Hall–Kier alpha value is -2.04. The minimum absolute atomic E-state index is 0.115. The number of furan rings is 1. The lowest BCUT2D eigenvalue weighted by Gasteiger charge is -2.03. The number of hydrogen-bond donors (Lipinski definition) is 2. The van der Waals surface area contributed by atoms with Crippen molar-refractivity contribution in [3.63, 3.8) is 0 Å². The fraction of sp³-hybridized carbons (Fsp3) is 0.333. The van der Waals surface area contributed by atoms with Gasteiger partial charge in [-0.15, -0.1) is 0 Å². The minimum Gasteiger partial charge on any atom is -0.469 e. The first kappa shape index (κ1) is 11.4. The lowest BCUT2D eigenvalue weighted by molar-refractivity contribution is 0.0949. The Bertz CT molecular complexity index is 513. The number of carbonyl (C=O) groups excluding carboxylic acids is 1. The summed E-state index contributed by atoms with van der Waals surface area (Å²) in [5.41, 5.74) is 2.56. The Balaban J connectivity index is 2.01. The van der Waals surface area contributed by atoms with Crippen LogP contribution in [0.15, 0.2) is 22.9 Å². The van der Waals surface area contributed by atoms with Crippen LogP contribution in [0.2, 0.25) is 0 Å². The van der Waals surface area contributed by atoms with Crippen molar-refractivity contribution < 1.29 is 9.21 Å². The molecular weight excluding hydrogens is 218 g/mol. The van der Waals surface area contributed by atoms with E-state index in [2.05, 4.69) is 15.5 Å². The third-order valence-electron chi connectivity index (χ3n) is 2.68. The summed E-state index contributed by atoms with van der Waals surface area (Å²) in [6.07, 6.45) is 3.96. The molecule has 0 bridgehead atoms. The van der Waals surface area contributed by atoms with Crippen LogP contribution in [0, 0.1) is 6.92 Å². The van der Waals surface area contributed by atoms with E-state index in [1.807, 2.05) is 13.8 Å². The predicted octanol–water partition coefficient (Wildman–Crippen LogP) is 1.80. The molecule has 2 aromatic heterocycles. The maximum absolute atomic E-state index is 11.9. The van der Waals surface area contributed by atoms with Gasteiger partial charge in [-0.3, -0.25) is 9.89 Å². The van der Waals surface area contributed by atoms with Crippen LogP contribution < -0.4 is 5.32 Å². The van der Waals surface area contributed by atoms with Crippen molar-refractivity contribution in [3.05, 3.63) is 41.1 Å². The van der Waals surface area contributed by atoms with Crippen LogP contribution in [-0.2, 0) is 13.0 Å². The van der Waals surface area contributed by atoms with Gasteiger partial charge < -0.3 is 9.73 Å². The molecule has 0 aliphatic carbocycles. The van der Waals surface area contributed by atoms with E-state index in [0.29, 0.717) is 24.3 Å². The number of hydrogen-bond acceptors (Lipinski definition) is 3. The lowest BCUT2D eigenvalue weighted by atomic mass is 10.2. The van der Waals surface area contributed by atoms with Gasteiger partial charge in [0.15, 0.2) is 0 Å². The molecule has 2 heterocycles. The second-order valence-electron chi connectivity index (χ2n) is 3.81. The summed E-state index contributed by atoms with van der Waals surface area (Å²) < 4.78 is 5.22. The molecule has 0 saturated carbocycles. The quantitative estimate of drug-likeness (QED) is 0.845. The van der Waals surface area contributed by atoms with E-state index in [1.54, 1.807) is 12.3 Å². The van der Waals surface area contributed by atoms with E-state index >= 15 is 0 Å².